The van der Waals surface area contributed by atoms with Crippen molar-refractivity contribution in [1.82, 2.24) is 15.5 Å². The Labute approximate surface area is 162 Å². The van der Waals surface area contributed by atoms with Crippen LogP contribution in [0, 0.1) is 6.92 Å². The molecule has 0 fully saturated rings. The molecule has 1 atom stereocenters. The maximum Gasteiger partial charge on any atom is 0.303 e. The molecule has 28 heavy (non-hydrogen) atoms. The number of rotatable bonds is 7. The molecule has 2 aromatic heterocycles. The Hall–Kier alpha value is -3.22. The van der Waals surface area contributed by atoms with E-state index >= 15 is 0 Å². The zero-order valence-electron chi connectivity index (χ0n) is 16.1. The van der Waals surface area contributed by atoms with Gasteiger partial charge in [0.25, 0.3) is 11.6 Å². The van der Waals surface area contributed by atoms with Crippen LogP contribution in [0.5, 0.6) is 0 Å². The largest absolute Gasteiger partial charge is 0.481 e. The second-order valence-electron chi connectivity index (χ2n) is 7.07. The summed E-state index contributed by atoms with van der Waals surface area (Å²) in [6, 6.07) is 10.7. The average Bonchev–Trinajstić information content (AvgIpc) is 3.05. The fourth-order valence-corrected chi connectivity index (χ4v) is 3.10. The van der Waals surface area contributed by atoms with Gasteiger partial charge in [0.05, 0.1) is 22.7 Å². The molecule has 0 radical (unpaired) electrons. The molecular weight excluding hydrogens is 358 g/mol. The highest BCUT2D eigenvalue weighted by molar-refractivity contribution is 6.06. The second-order valence-corrected chi connectivity index (χ2v) is 7.07. The molecule has 146 valence electrons. The van der Waals surface area contributed by atoms with Gasteiger partial charge in [-0.05, 0) is 30.9 Å². The Morgan fingerprint density at radius 2 is 1.93 bits per heavy atom. The van der Waals surface area contributed by atoms with Gasteiger partial charge in [-0.3, -0.25) is 9.59 Å². The summed E-state index contributed by atoms with van der Waals surface area (Å²) >= 11 is 0. The van der Waals surface area contributed by atoms with Gasteiger partial charge in [-0.1, -0.05) is 49.3 Å². The molecule has 1 amide bonds. The molecule has 0 aliphatic carbocycles. The van der Waals surface area contributed by atoms with Crippen LogP contribution in [-0.2, 0) is 4.79 Å². The summed E-state index contributed by atoms with van der Waals surface area (Å²) in [6.45, 7) is 5.73. The Morgan fingerprint density at radius 1 is 1.21 bits per heavy atom. The first-order valence-corrected chi connectivity index (χ1v) is 9.21. The van der Waals surface area contributed by atoms with E-state index < -0.39 is 12.0 Å². The summed E-state index contributed by atoms with van der Waals surface area (Å²) in [6.07, 6.45) is 0.244. The third-order valence-electron chi connectivity index (χ3n) is 4.63. The number of aryl methyl sites for hydroxylation is 1. The van der Waals surface area contributed by atoms with Crippen LogP contribution in [0.1, 0.15) is 66.0 Å². The number of carboxylic acids is 1. The molecule has 7 heteroatoms. The number of aliphatic carboxylic acids is 1. The average molecular weight is 381 g/mol. The molecule has 0 saturated carbocycles. The van der Waals surface area contributed by atoms with Crippen LogP contribution in [-0.4, -0.2) is 27.1 Å². The van der Waals surface area contributed by atoms with Gasteiger partial charge in [0.2, 0.25) is 0 Å². The summed E-state index contributed by atoms with van der Waals surface area (Å²) < 4.78 is 5.28. The monoisotopic (exact) mass is 381 g/mol. The molecule has 0 aliphatic rings. The van der Waals surface area contributed by atoms with Crippen LogP contribution in [0.4, 0.5) is 0 Å². The predicted molar refractivity (Wildman–Crippen MR) is 104 cm³/mol. The van der Waals surface area contributed by atoms with Gasteiger partial charge in [0, 0.05) is 12.1 Å². The second kappa shape index (κ2) is 8.21. The lowest BCUT2D eigenvalue weighted by atomic mass is 10.00. The standard InChI is InChI=1S/C21H23N3O4/c1-12(2)17-11-15(19-13(3)24-28-21(19)23-17)20(27)22-16(9-10-18(25)26)14-7-5-4-6-8-14/h4-8,11-12,16H,9-10H2,1-3H3,(H,22,27)(H,25,26). The Bertz CT molecular complexity index is 996. The summed E-state index contributed by atoms with van der Waals surface area (Å²) in [7, 11) is 0. The van der Waals surface area contributed by atoms with Gasteiger partial charge in [0.1, 0.15) is 0 Å². The Balaban J connectivity index is 1.97. The van der Waals surface area contributed by atoms with Crippen LogP contribution >= 0.6 is 0 Å². The van der Waals surface area contributed by atoms with Crippen molar-refractivity contribution < 1.29 is 19.2 Å². The lowest BCUT2D eigenvalue weighted by Gasteiger charge is -2.19. The van der Waals surface area contributed by atoms with Gasteiger partial charge in [-0.2, -0.15) is 0 Å². The highest BCUT2D eigenvalue weighted by Gasteiger charge is 2.23. The lowest BCUT2D eigenvalue weighted by molar-refractivity contribution is -0.137. The topological polar surface area (TPSA) is 105 Å². The quantitative estimate of drug-likeness (QED) is 0.641. The van der Waals surface area contributed by atoms with E-state index in [9.17, 15) is 9.59 Å². The highest BCUT2D eigenvalue weighted by Crippen LogP contribution is 2.26. The number of nitrogens with zero attached hydrogens (tertiary/aromatic N) is 2. The molecule has 0 aliphatic heterocycles. The van der Waals surface area contributed by atoms with E-state index in [1.54, 1.807) is 13.0 Å². The van der Waals surface area contributed by atoms with Crippen molar-refractivity contribution >= 4 is 23.0 Å². The molecule has 7 nitrogen and oxygen atoms in total. The van der Waals surface area contributed by atoms with Crippen molar-refractivity contribution in [3.8, 4) is 0 Å². The molecule has 0 saturated heterocycles. The van der Waals surface area contributed by atoms with Crippen molar-refractivity contribution in [3.05, 3.63) is 58.9 Å². The summed E-state index contributed by atoms with van der Waals surface area (Å²) in [5.74, 6) is -1.10. The van der Waals surface area contributed by atoms with Crippen LogP contribution in [0.15, 0.2) is 40.9 Å². The molecule has 1 aromatic carbocycles. The van der Waals surface area contributed by atoms with Crippen LogP contribution in [0.25, 0.3) is 11.1 Å². The third-order valence-corrected chi connectivity index (χ3v) is 4.63. The molecular formula is C21H23N3O4. The normalized spacial score (nSPS) is 12.3. The molecule has 2 heterocycles. The van der Waals surface area contributed by atoms with Gasteiger partial charge in [0.15, 0.2) is 0 Å². The van der Waals surface area contributed by atoms with E-state index in [0.29, 0.717) is 28.8 Å². The van der Waals surface area contributed by atoms with Gasteiger partial charge in [-0.15, -0.1) is 0 Å². The number of carboxylic acid groups (broad SMARTS) is 1. The van der Waals surface area contributed by atoms with Gasteiger partial charge < -0.3 is 14.9 Å². The van der Waals surface area contributed by atoms with E-state index in [1.807, 2.05) is 44.2 Å². The number of amides is 1. The molecule has 2 N–H and O–H groups in total. The first-order chi connectivity index (χ1) is 13.4. The number of hydrogen-bond donors (Lipinski definition) is 2. The summed E-state index contributed by atoms with van der Waals surface area (Å²) in [5.41, 5.74) is 2.94. The maximum absolute atomic E-state index is 13.2. The first kappa shape index (κ1) is 19.5. The van der Waals surface area contributed by atoms with Crippen molar-refractivity contribution in [1.29, 1.82) is 0 Å². The van der Waals surface area contributed by atoms with Crippen molar-refractivity contribution in [2.24, 2.45) is 0 Å². The number of carbonyl (C=O) groups is 2. The van der Waals surface area contributed by atoms with E-state index in [0.717, 1.165) is 11.3 Å². The minimum atomic E-state index is -0.904. The van der Waals surface area contributed by atoms with Crippen molar-refractivity contribution in [2.45, 2.75) is 45.6 Å². The fourth-order valence-electron chi connectivity index (χ4n) is 3.10. The predicted octanol–water partition coefficient (Wildman–Crippen LogP) is 3.99. The van der Waals surface area contributed by atoms with E-state index in [1.165, 1.54) is 0 Å². The zero-order chi connectivity index (χ0) is 20.3. The minimum Gasteiger partial charge on any atom is -0.481 e. The fraction of sp³-hybridized carbons (Fsp3) is 0.333. The number of carbonyl (C=O) groups excluding carboxylic acids is 1. The minimum absolute atomic E-state index is 0.0465. The first-order valence-electron chi connectivity index (χ1n) is 9.21. The van der Waals surface area contributed by atoms with Crippen molar-refractivity contribution in [2.75, 3.05) is 0 Å². The molecule has 0 bridgehead atoms. The Morgan fingerprint density at radius 3 is 2.57 bits per heavy atom. The van der Waals surface area contributed by atoms with Crippen LogP contribution < -0.4 is 5.32 Å². The molecule has 3 rings (SSSR count). The number of aromatic nitrogens is 2. The number of hydrogen-bond acceptors (Lipinski definition) is 5. The van der Waals surface area contributed by atoms with E-state index in [2.05, 4.69) is 15.5 Å². The van der Waals surface area contributed by atoms with E-state index in [4.69, 9.17) is 9.63 Å². The summed E-state index contributed by atoms with van der Waals surface area (Å²) in [5, 5.41) is 16.6. The Kier molecular flexibility index (Phi) is 5.73. The molecule has 3 aromatic rings. The van der Waals surface area contributed by atoms with Crippen molar-refractivity contribution in [3.63, 3.8) is 0 Å². The number of nitrogens with one attached hydrogen (secondary N) is 1. The van der Waals surface area contributed by atoms with E-state index in [-0.39, 0.29) is 18.2 Å². The van der Waals surface area contributed by atoms with Crippen LogP contribution in [0.2, 0.25) is 0 Å². The smallest absolute Gasteiger partial charge is 0.303 e. The van der Waals surface area contributed by atoms with Gasteiger partial charge in [-0.25, -0.2) is 4.98 Å². The third kappa shape index (κ3) is 4.19. The molecule has 0 spiro atoms. The number of benzene rings is 1. The lowest BCUT2D eigenvalue weighted by Crippen LogP contribution is -2.29. The van der Waals surface area contributed by atoms with Crippen LogP contribution in [0.3, 0.4) is 0 Å². The summed E-state index contributed by atoms with van der Waals surface area (Å²) in [4.78, 5) is 28.7. The highest BCUT2D eigenvalue weighted by atomic mass is 16.5. The molecule has 1 unspecified atom stereocenters. The SMILES string of the molecule is Cc1noc2nc(C(C)C)cc(C(=O)NC(CCC(=O)O)c3ccccc3)c12. The van der Waals surface area contributed by atoms with Gasteiger partial charge >= 0.3 is 5.97 Å². The number of fused-ring (bicyclic) bond motifs is 1. The number of pyridine rings is 1. The zero-order valence-corrected chi connectivity index (χ0v) is 16.1. The maximum atomic E-state index is 13.2.